The Morgan fingerprint density at radius 1 is 1.09 bits per heavy atom. The lowest BCUT2D eigenvalue weighted by atomic mass is 10.3. The van der Waals surface area contributed by atoms with Crippen molar-refractivity contribution in [3.8, 4) is 0 Å². The maximum absolute atomic E-state index is 5.14. The Balaban J connectivity index is 0.000000187. The molecule has 0 spiro atoms. The van der Waals surface area contributed by atoms with Gasteiger partial charge in [0, 0.05) is 26.2 Å². The fraction of sp³-hybridized carbons (Fsp3) is 1.00. The van der Waals surface area contributed by atoms with Gasteiger partial charge in [-0.15, -0.1) is 0 Å². The molecule has 1 fully saturated rings. The molecule has 0 amide bonds. The molecule has 0 aliphatic carbocycles. The third kappa shape index (κ3) is 9.88. The molecule has 1 aliphatic rings. The molecule has 68 valence electrons. The zero-order chi connectivity index (χ0) is 8.36. The first-order valence-corrected chi connectivity index (χ1v) is 4.53. The summed E-state index contributed by atoms with van der Waals surface area (Å²) < 4.78 is 0. The molecule has 0 bridgehead atoms. The molecule has 0 aromatic rings. The van der Waals surface area contributed by atoms with E-state index in [2.05, 4.69) is 17.6 Å². The number of hydrogen-bond donors (Lipinski definition) is 3. The van der Waals surface area contributed by atoms with Crippen LogP contribution in [0.2, 0.25) is 0 Å². The number of nitrogens with one attached hydrogen (secondary N) is 2. The summed E-state index contributed by atoms with van der Waals surface area (Å²) in [4.78, 5) is 0. The lowest BCUT2D eigenvalue weighted by molar-refractivity contribution is 0.534. The molecule has 11 heavy (non-hydrogen) atoms. The lowest BCUT2D eigenvalue weighted by Gasteiger charge is -2.11. The van der Waals surface area contributed by atoms with E-state index in [0.29, 0.717) is 0 Å². The van der Waals surface area contributed by atoms with Crippen molar-refractivity contribution in [2.45, 2.75) is 19.8 Å². The van der Waals surface area contributed by atoms with E-state index in [0.717, 1.165) is 32.7 Å². The topological polar surface area (TPSA) is 50.1 Å². The second-order valence-corrected chi connectivity index (χ2v) is 2.64. The van der Waals surface area contributed by atoms with Gasteiger partial charge in [-0.1, -0.05) is 13.3 Å². The Morgan fingerprint density at radius 3 is 1.64 bits per heavy atom. The molecule has 0 aromatic heterocycles. The molecule has 1 rings (SSSR count). The van der Waals surface area contributed by atoms with Gasteiger partial charge in [-0.05, 0) is 13.0 Å². The molecule has 0 atom stereocenters. The molecule has 0 aromatic carbocycles. The highest BCUT2D eigenvalue weighted by Crippen LogP contribution is 1.77. The Kier molecular flexibility index (Phi) is 9.77. The summed E-state index contributed by atoms with van der Waals surface area (Å²) in [7, 11) is 0. The fourth-order valence-corrected chi connectivity index (χ4v) is 0.808. The predicted octanol–water partition coefficient (Wildman–Crippen LogP) is -0.0756. The van der Waals surface area contributed by atoms with Crippen LogP contribution in [0, 0.1) is 0 Å². The zero-order valence-corrected chi connectivity index (χ0v) is 7.53. The highest BCUT2D eigenvalue weighted by atomic mass is 15.0. The standard InChI is InChI=1S/C4H10N2.C4H11N/c1-2-6-4-3-5-1;1-2-3-4-5/h5-6H,1-4H2;2-5H2,1H3. The van der Waals surface area contributed by atoms with Gasteiger partial charge in [0.1, 0.15) is 0 Å². The van der Waals surface area contributed by atoms with Crippen LogP contribution in [0.1, 0.15) is 19.8 Å². The van der Waals surface area contributed by atoms with Crippen LogP contribution in [-0.4, -0.2) is 32.7 Å². The summed E-state index contributed by atoms with van der Waals surface area (Å²) in [6, 6.07) is 0. The van der Waals surface area contributed by atoms with Crippen LogP contribution >= 0.6 is 0 Å². The van der Waals surface area contributed by atoms with E-state index in [9.17, 15) is 0 Å². The van der Waals surface area contributed by atoms with E-state index in [1.807, 2.05) is 0 Å². The summed E-state index contributed by atoms with van der Waals surface area (Å²) in [6.45, 7) is 7.53. The van der Waals surface area contributed by atoms with Crippen molar-refractivity contribution in [3.05, 3.63) is 0 Å². The highest BCUT2D eigenvalue weighted by molar-refractivity contribution is 4.59. The van der Waals surface area contributed by atoms with Gasteiger partial charge >= 0.3 is 0 Å². The van der Waals surface area contributed by atoms with Crippen molar-refractivity contribution in [3.63, 3.8) is 0 Å². The summed E-state index contributed by atoms with van der Waals surface area (Å²) >= 11 is 0. The van der Waals surface area contributed by atoms with Gasteiger partial charge in [0.05, 0.1) is 0 Å². The van der Waals surface area contributed by atoms with Crippen molar-refractivity contribution in [2.24, 2.45) is 5.73 Å². The SMILES string of the molecule is C1CNCCN1.CCCCN. The van der Waals surface area contributed by atoms with E-state index < -0.39 is 0 Å². The first-order chi connectivity index (χ1) is 5.41. The second kappa shape index (κ2) is 9.88. The van der Waals surface area contributed by atoms with Crippen LogP contribution in [0.25, 0.3) is 0 Å². The zero-order valence-electron chi connectivity index (χ0n) is 7.53. The summed E-state index contributed by atoms with van der Waals surface area (Å²) in [5.41, 5.74) is 5.14. The quantitative estimate of drug-likeness (QED) is 0.528. The van der Waals surface area contributed by atoms with Crippen LogP contribution < -0.4 is 16.4 Å². The van der Waals surface area contributed by atoms with Gasteiger partial charge in [0.25, 0.3) is 0 Å². The Bertz CT molecular complexity index is 48.8. The van der Waals surface area contributed by atoms with E-state index in [4.69, 9.17) is 5.73 Å². The third-order valence-electron chi connectivity index (χ3n) is 1.51. The van der Waals surface area contributed by atoms with E-state index in [-0.39, 0.29) is 0 Å². The maximum Gasteiger partial charge on any atom is 0.00772 e. The van der Waals surface area contributed by atoms with Gasteiger partial charge in [0.15, 0.2) is 0 Å². The van der Waals surface area contributed by atoms with Crippen LogP contribution in [0.5, 0.6) is 0 Å². The minimum absolute atomic E-state index is 0.844. The highest BCUT2D eigenvalue weighted by Gasteiger charge is 1.91. The van der Waals surface area contributed by atoms with Crippen molar-refractivity contribution < 1.29 is 0 Å². The van der Waals surface area contributed by atoms with Gasteiger partial charge in [-0.25, -0.2) is 0 Å². The third-order valence-corrected chi connectivity index (χ3v) is 1.51. The maximum atomic E-state index is 5.14. The monoisotopic (exact) mass is 159 g/mol. The largest absolute Gasteiger partial charge is 0.330 e. The van der Waals surface area contributed by atoms with Crippen LogP contribution in [-0.2, 0) is 0 Å². The van der Waals surface area contributed by atoms with Crippen LogP contribution in [0.3, 0.4) is 0 Å². The van der Waals surface area contributed by atoms with Crippen LogP contribution in [0.15, 0.2) is 0 Å². The van der Waals surface area contributed by atoms with Crippen molar-refractivity contribution in [1.82, 2.24) is 10.6 Å². The van der Waals surface area contributed by atoms with E-state index in [1.54, 1.807) is 0 Å². The number of hydrogen-bond acceptors (Lipinski definition) is 3. The lowest BCUT2D eigenvalue weighted by Crippen LogP contribution is -2.39. The number of unbranched alkanes of at least 4 members (excludes halogenated alkanes) is 1. The average molecular weight is 159 g/mol. The minimum Gasteiger partial charge on any atom is -0.330 e. The van der Waals surface area contributed by atoms with E-state index >= 15 is 0 Å². The molecular formula is C8H21N3. The predicted molar refractivity (Wildman–Crippen MR) is 49.7 cm³/mol. The molecule has 3 heteroatoms. The normalized spacial score (nSPS) is 16.9. The molecule has 1 saturated heterocycles. The first-order valence-electron chi connectivity index (χ1n) is 4.53. The Morgan fingerprint density at radius 2 is 1.55 bits per heavy atom. The van der Waals surface area contributed by atoms with Gasteiger partial charge in [-0.3, -0.25) is 0 Å². The van der Waals surface area contributed by atoms with Crippen molar-refractivity contribution in [1.29, 1.82) is 0 Å². The molecule has 0 radical (unpaired) electrons. The van der Waals surface area contributed by atoms with Gasteiger partial charge in [-0.2, -0.15) is 0 Å². The van der Waals surface area contributed by atoms with Crippen molar-refractivity contribution >= 4 is 0 Å². The molecule has 4 N–H and O–H groups in total. The fourth-order valence-electron chi connectivity index (χ4n) is 0.808. The molecular weight excluding hydrogens is 138 g/mol. The van der Waals surface area contributed by atoms with Crippen molar-refractivity contribution in [2.75, 3.05) is 32.7 Å². The Hall–Kier alpha value is -0.120. The Labute approximate surface area is 69.7 Å². The number of nitrogens with two attached hydrogens (primary N) is 1. The summed E-state index contributed by atoms with van der Waals surface area (Å²) in [5.74, 6) is 0. The van der Waals surface area contributed by atoms with Gasteiger partial charge in [0.2, 0.25) is 0 Å². The molecule has 0 saturated carbocycles. The molecule has 1 aliphatic heterocycles. The molecule has 3 nitrogen and oxygen atoms in total. The smallest absolute Gasteiger partial charge is 0.00772 e. The summed E-state index contributed by atoms with van der Waals surface area (Å²) in [6.07, 6.45) is 2.39. The summed E-state index contributed by atoms with van der Waals surface area (Å²) in [5, 5.41) is 6.44. The second-order valence-electron chi connectivity index (χ2n) is 2.64. The van der Waals surface area contributed by atoms with Crippen LogP contribution in [0.4, 0.5) is 0 Å². The average Bonchev–Trinajstić information content (AvgIpc) is 2.10. The number of rotatable bonds is 2. The molecule has 0 unspecified atom stereocenters. The number of piperazine rings is 1. The minimum atomic E-state index is 0.844. The van der Waals surface area contributed by atoms with E-state index in [1.165, 1.54) is 12.8 Å². The first kappa shape index (κ1) is 10.9. The molecule has 1 heterocycles. The van der Waals surface area contributed by atoms with Gasteiger partial charge < -0.3 is 16.4 Å².